The number of benzene rings is 2. The van der Waals surface area contributed by atoms with E-state index in [2.05, 4.69) is 0 Å². The molecule has 2 aromatic rings. The van der Waals surface area contributed by atoms with Gasteiger partial charge >= 0.3 is 0 Å². The fraction of sp³-hybridized carbons (Fsp3) is 0.294. The van der Waals surface area contributed by atoms with Gasteiger partial charge in [0.15, 0.2) is 5.75 Å². The van der Waals surface area contributed by atoms with Crippen LogP contribution < -0.4 is 14.2 Å². The molecule has 2 rings (SSSR count). The van der Waals surface area contributed by atoms with Crippen molar-refractivity contribution in [2.45, 2.75) is 13.3 Å². The van der Waals surface area contributed by atoms with Gasteiger partial charge < -0.3 is 19.3 Å². The van der Waals surface area contributed by atoms with E-state index in [-0.39, 0.29) is 15.8 Å². The summed E-state index contributed by atoms with van der Waals surface area (Å²) >= 11 is 11.9. The van der Waals surface area contributed by atoms with E-state index < -0.39 is 0 Å². The Bertz CT molecular complexity index is 606. The van der Waals surface area contributed by atoms with Crippen LogP contribution in [0.3, 0.4) is 0 Å². The molecule has 4 nitrogen and oxygen atoms in total. The average Bonchev–Trinajstić information content (AvgIpc) is 2.51. The number of phenols is 1. The van der Waals surface area contributed by atoms with Crippen molar-refractivity contribution in [2.75, 3.05) is 19.8 Å². The second-order valence-electron chi connectivity index (χ2n) is 4.69. The standard InChI is InChI=1S/C17H18Cl2O4/c1-2-21-13-4-6-14(7-5-13)22-8-3-9-23-17-15(18)10-12(20)11-16(17)19/h4-7,10-11,20H,2-3,8-9H2,1H3. The summed E-state index contributed by atoms with van der Waals surface area (Å²) in [5.74, 6) is 1.97. The second-order valence-corrected chi connectivity index (χ2v) is 5.51. The number of halogens is 2. The molecule has 0 aliphatic rings. The minimum Gasteiger partial charge on any atom is -0.508 e. The minimum absolute atomic E-state index is 0.00572. The first-order chi connectivity index (χ1) is 11.1. The molecule has 0 aliphatic carbocycles. The Labute approximate surface area is 145 Å². The summed E-state index contributed by atoms with van der Waals surface area (Å²) in [5, 5.41) is 9.91. The Morgan fingerprint density at radius 2 is 1.39 bits per heavy atom. The van der Waals surface area contributed by atoms with Crippen molar-refractivity contribution in [1.82, 2.24) is 0 Å². The van der Waals surface area contributed by atoms with Crippen molar-refractivity contribution >= 4 is 23.2 Å². The Balaban J connectivity index is 1.74. The van der Waals surface area contributed by atoms with Crippen LogP contribution in [0.1, 0.15) is 13.3 Å². The molecule has 1 N–H and O–H groups in total. The fourth-order valence-corrected chi connectivity index (χ4v) is 2.49. The molecule has 0 amide bonds. The molecular weight excluding hydrogens is 339 g/mol. The number of ether oxygens (including phenoxy) is 3. The highest BCUT2D eigenvalue weighted by Gasteiger charge is 2.09. The van der Waals surface area contributed by atoms with Gasteiger partial charge in [-0.1, -0.05) is 23.2 Å². The van der Waals surface area contributed by atoms with E-state index in [0.717, 1.165) is 11.5 Å². The third kappa shape index (κ3) is 5.41. The SMILES string of the molecule is CCOc1ccc(OCCCOc2c(Cl)cc(O)cc2Cl)cc1. The van der Waals surface area contributed by atoms with Crippen molar-refractivity contribution < 1.29 is 19.3 Å². The van der Waals surface area contributed by atoms with Gasteiger partial charge in [0.1, 0.15) is 17.2 Å². The van der Waals surface area contributed by atoms with Crippen LogP contribution in [-0.2, 0) is 0 Å². The molecule has 0 radical (unpaired) electrons. The normalized spacial score (nSPS) is 10.4. The molecule has 0 saturated carbocycles. The largest absolute Gasteiger partial charge is 0.508 e. The predicted octanol–water partition coefficient (Wildman–Crippen LogP) is 4.95. The van der Waals surface area contributed by atoms with E-state index in [1.165, 1.54) is 12.1 Å². The van der Waals surface area contributed by atoms with Gasteiger partial charge in [-0.25, -0.2) is 0 Å². The van der Waals surface area contributed by atoms with Crippen LogP contribution in [0.4, 0.5) is 0 Å². The van der Waals surface area contributed by atoms with E-state index in [9.17, 15) is 5.11 Å². The topological polar surface area (TPSA) is 47.9 Å². The number of rotatable bonds is 8. The second kappa shape index (κ2) is 8.75. The number of aromatic hydroxyl groups is 1. The Morgan fingerprint density at radius 3 is 1.96 bits per heavy atom. The summed E-state index contributed by atoms with van der Waals surface area (Å²) in [7, 11) is 0. The monoisotopic (exact) mass is 356 g/mol. The van der Waals surface area contributed by atoms with Crippen molar-refractivity contribution in [1.29, 1.82) is 0 Å². The maximum atomic E-state index is 9.35. The first kappa shape index (κ1) is 17.6. The van der Waals surface area contributed by atoms with Crippen LogP contribution in [0.15, 0.2) is 36.4 Å². The van der Waals surface area contributed by atoms with Gasteiger partial charge in [0, 0.05) is 18.6 Å². The van der Waals surface area contributed by atoms with Gasteiger partial charge in [0.2, 0.25) is 0 Å². The summed E-state index contributed by atoms with van der Waals surface area (Å²) < 4.78 is 16.5. The summed E-state index contributed by atoms with van der Waals surface area (Å²) in [6, 6.07) is 10.2. The van der Waals surface area contributed by atoms with Gasteiger partial charge in [0.25, 0.3) is 0 Å². The lowest BCUT2D eigenvalue weighted by molar-refractivity contribution is 0.247. The summed E-state index contributed by atoms with van der Waals surface area (Å²) in [5.41, 5.74) is 0. The zero-order chi connectivity index (χ0) is 16.7. The highest BCUT2D eigenvalue weighted by Crippen LogP contribution is 2.36. The fourth-order valence-electron chi connectivity index (χ4n) is 1.91. The van der Waals surface area contributed by atoms with Gasteiger partial charge in [-0.3, -0.25) is 0 Å². The molecule has 0 aliphatic heterocycles. The van der Waals surface area contributed by atoms with E-state index in [4.69, 9.17) is 37.4 Å². The molecule has 0 saturated heterocycles. The highest BCUT2D eigenvalue weighted by molar-refractivity contribution is 6.37. The Kier molecular flexibility index (Phi) is 6.68. The van der Waals surface area contributed by atoms with Crippen LogP contribution in [0, 0.1) is 0 Å². The number of hydrogen-bond donors (Lipinski definition) is 1. The van der Waals surface area contributed by atoms with Gasteiger partial charge in [-0.05, 0) is 31.2 Å². The zero-order valence-electron chi connectivity index (χ0n) is 12.7. The summed E-state index contributed by atoms with van der Waals surface area (Å²) in [6.45, 7) is 3.49. The lowest BCUT2D eigenvalue weighted by atomic mass is 10.3. The van der Waals surface area contributed by atoms with Crippen LogP contribution in [0.25, 0.3) is 0 Å². The molecule has 0 spiro atoms. The smallest absolute Gasteiger partial charge is 0.156 e. The zero-order valence-corrected chi connectivity index (χ0v) is 14.2. The molecule has 0 atom stereocenters. The number of phenolic OH excluding ortho intramolecular Hbond substituents is 1. The lowest BCUT2D eigenvalue weighted by Gasteiger charge is -2.11. The van der Waals surface area contributed by atoms with Crippen LogP contribution in [0.5, 0.6) is 23.0 Å². The Morgan fingerprint density at radius 1 is 0.870 bits per heavy atom. The predicted molar refractivity (Wildman–Crippen MR) is 91.3 cm³/mol. The van der Waals surface area contributed by atoms with Crippen LogP contribution in [-0.4, -0.2) is 24.9 Å². The third-order valence-corrected chi connectivity index (χ3v) is 3.48. The maximum absolute atomic E-state index is 9.35. The molecule has 0 heterocycles. The maximum Gasteiger partial charge on any atom is 0.156 e. The van der Waals surface area contributed by atoms with Gasteiger partial charge in [0.05, 0.1) is 29.9 Å². The average molecular weight is 357 g/mol. The summed E-state index contributed by atoms with van der Waals surface area (Å²) in [6.07, 6.45) is 0.667. The molecule has 0 unspecified atom stereocenters. The molecule has 6 heteroatoms. The van der Waals surface area contributed by atoms with E-state index in [1.807, 2.05) is 31.2 Å². The van der Waals surface area contributed by atoms with Crippen molar-refractivity contribution in [3.05, 3.63) is 46.4 Å². The van der Waals surface area contributed by atoms with Crippen LogP contribution >= 0.6 is 23.2 Å². The Hall–Kier alpha value is -1.78. The summed E-state index contributed by atoms with van der Waals surface area (Å²) in [4.78, 5) is 0. The van der Waals surface area contributed by atoms with Crippen molar-refractivity contribution in [2.24, 2.45) is 0 Å². The van der Waals surface area contributed by atoms with Crippen molar-refractivity contribution in [3.8, 4) is 23.0 Å². The van der Waals surface area contributed by atoms with Gasteiger partial charge in [-0.2, -0.15) is 0 Å². The highest BCUT2D eigenvalue weighted by atomic mass is 35.5. The quantitative estimate of drug-likeness (QED) is 0.680. The first-order valence-electron chi connectivity index (χ1n) is 7.26. The van der Waals surface area contributed by atoms with E-state index in [1.54, 1.807) is 0 Å². The first-order valence-corrected chi connectivity index (χ1v) is 8.02. The lowest BCUT2D eigenvalue weighted by Crippen LogP contribution is -2.05. The molecule has 23 heavy (non-hydrogen) atoms. The molecular formula is C17H18Cl2O4. The molecule has 0 aromatic heterocycles. The van der Waals surface area contributed by atoms with Crippen LogP contribution in [0.2, 0.25) is 10.0 Å². The van der Waals surface area contributed by atoms with E-state index >= 15 is 0 Å². The third-order valence-electron chi connectivity index (χ3n) is 2.92. The molecule has 0 fully saturated rings. The van der Waals surface area contributed by atoms with Gasteiger partial charge in [-0.15, -0.1) is 0 Å². The molecule has 0 bridgehead atoms. The molecule has 2 aromatic carbocycles. The minimum atomic E-state index is 0.00572. The van der Waals surface area contributed by atoms with Crippen molar-refractivity contribution in [3.63, 3.8) is 0 Å². The molecule has 124 valence electrons. The van der Waals surface area contributed by atoms with E-state index in [0.29, 0.717) is 32.0 Å². The number of hydrogen-bond acceptors (Lipinski definition) is 4.